The molecular formula is C18H28O3. The molecule has 2 aliphatic carbocycles. The van der Waals surface area contributed by atoms with Gasteiger partial charge in [0.15, 0.2) is 5.78 Å². The molecule has 3 heteroatoms. The monoisotopic (exact) mass is 292 g/mol. The summed E-state index contributed by atoms with van der Waals surface area (Å²) in [5.41, 5.74) is 0.635. The number of ether oxygens (including phenoxy) is 1. The van der Waals surface area contributed by atoms with E-state index < -0.39 is 0 Å². The summed E-state index contributed by atoms with van der Waals surface area (Å²) in [6.45, 7) is 10.8. The van der Waals surface area contributed by atoms with Crippen molar-refractivity contribution < 1.29 is 14.3 Å². The molecule has 0 aromatic rings. The Hall–Kier alpha value is -1.12. The van der Waals surface area contributed by atoms with Gasteiger partial charge in [0.25, 0.3) is 0 Å². The van der Waals surface area contributed by atoms with Crippen LogP contribution < -0.4 is 0 Å². The standard InChI is InChI=1S/C18H28O3/c1-6-8-12(16(20)21-7-2)11-13-14-9-10-18(5,15(13)19)17(14,3)4/h11-12,14H,6-10H2,1-5H3/b13-11+/t12-,14+,18-/m0/s1. The molecule has 3 atom stereocenters. The van der Waals surface area contributed by atoms with Crippen molar-refractivity contribution in [3.8, 4) is 0 Å². The first-order valence-electron chi connectivity index (χ1n) is 8.22. The molecular weight excluding hydrogens is 264 g/mol. The highest BCUT2D eigenvalue weighted by Crippen LogP contribution is 2.65. The van der Waals surface area contributed by atoms with Gasteiger partial charge < -0.3 is 4.74 Å². The zero-order chi connectivity index (χ0) is 15.8. The molecule has 0 saturated heterocycles. The maximum Gasteiger partial charge on any atom is 0.312 e. The summed E-state index contributed by atoms with van der Waals surface area (Å²) in [4.78, 5) is 24.9. The first-order valence-corrected chi connectivity index (χ1v) is 8.22. The number of carbonyl (C=O) groups excluding carboxylic acids is 2. The molecule has 118 valence electrons. The van der Waals surface area contributed by atoms with Crippen molar-refractivity contribution in [1.82, 2.24) is 0 Å². The minimum absolute atomic E-state index is 0.00133. The van der Waals surface area contributed by atoms with Gasteiger partial charge in [0.2, 0.25) is 0 Å². The van der Waals surface area contributed by atoms with E-state index in [0.717, 1.165) is 31.3 Å². The van der Waals surface area contributed by atoms with Gasteiger partial charge in [-0.25, -0.2) is 0 Å². The Labute approximate surface area is 128 Å². The number of fused-ring (bicyclic) bond motifs is 2. The lowest BCUT2D eigenvalue weighted by molar-refractivity contribution is -0.146. The maximum absolute atomic E-state index is 12.8. The van der Waals surface area contributed by atoms with Gasteiger partial charge in [-0.1, -0.05) is 40.2 Å². The second-order valence-corrected chi connectivity index (χ2v) is 7.24. The van der Waals surface area contributed by atoms with Gasteiger partial charge in [0, 0.05) is 5.41 Å². The largest absolute Gasteiger partial charge is 0.466 e. The lowest BCUT2D eigenvalue weighted by Gasteiger charge is -2.31. The van der Waals surface area contributed by atoms with Crippen molar-refractivity contribution >= 4 is 11.8 Å². The summed E-state index contributed by atoms with van der Waals surface area (Å²) in [7, 11) is 0. The molecule has 2 rings (SSSR count). The number of hydrogen-bond donors (Lipinski definition) is 0. The van der Waals surface area contributed by atoms with E-state index in [0.29, 0.717) is 12.5 Å². The highest BCUT2D eigenvalue weighted by molar-refractivity contribution is 6.05. The summed E-state index contributed by atoms with van der Waals surface area (Å²) in [6, 6.07) is 0. The molecule has 0 radical (unpaired) electrons. The van der Waals surface area contributed by atoms with Crippen LogP contribution in [0.2, 0.25) is 0 Å². The lowest BCUT2D eigenvalue weighted by atomic mass is 9.70. The summed E-state index contributed by atoms with van der Waals surface area (Å²) >= 11 is 0. The minimum Gasteiger partial charge on any atom is -0.466 e. The molecule has 0 aliphatic heterocycles. The Morgan fingerprint density at radius 1 is 1.38 bits per heavy atom. The van der Waals surface area contributed by atoms with Crippen LogP contribution in [0.1, 0.15) is 60.3 Å². The SMILES string of the molecule is CCC[C@@H](/C=C1/C(=O)[C@]2(C)CC[C@H]1C2(C)C)C(=O)OCC. The second-order valence-electron chi connectivity index (χ2n) is 7.24. The number of ketones is 1. The molecule has 2 saturated carbocycles. The predicted molar refractivity (Wildman–Crippen MR) is 82.7 cm³/mol. The van der Waals surface area contributed by atoms with Crippen molar-refractivity contribution in [3.05, 3.63) is 11.6 Å². The highest BCUT2D eigenvalue weighted by Gasteiger charge is 2.63. The third kappa shape index (κ3) is 2.35. The average Bonchev–Trinajstić information content (AvgIpc) is 2.72. The Kier molecular flexibility index (Phi) is 4.32. The van der Waals surface area contributed by atoms with Crippen LogP contribution in [0.3, 0.4) is 0 Å². The first-order chi connectivity index (χ1) is 9.79. The van der Waals surface area contributed by atoms with E-state index in [1.165, 1.54) is 0 Å². The quantitative estimate of drug-likeness (QED) is 0.570. The van der Waals surface area contributed by atoms with Crippen LogP contribution in [-0.4, -0.2) is 18.4 Å². The molecule has 0 aromatic carbocycles. The van der Waals surface area contributed by atoms with Crippen LogP contribution in [0.25, 0.3) is 0 Å². The second kappa shape index (κ2) is 5.58. The summed E-state index contributed by atoms with van der Waals surface area (Å²) < 4.78 is 5.16. The van der Waals surface area contributed by atoms with E-state index >= 15 is 0 Å². The first kappa shape index (κ1) is 16.3. The van der Waals surface area contributed by atoms with E-state index in [1.807, 2.05) is 13.0 Å². The summed E-state index contributed by atoms with van der Waals surface area (Å²) in [6.07, 6.45) is 5.62. The van der Waals surface area contributed by atoms with Gasteiger partial charge in [-0.15, -0.1) is 0 Å². The normalized spacial score (nSPS) is 33.5. The van der Waals surface area contributed by atoms with Crippen LogP contribution >= 0.6 is 0 Å². The molecule has 2 bridgehead atoms. The topological polar surface area (TPSA) is 43.4 Å². The molecule has 0 heterocycles. The van der Waals surface area contributed by atoms with E-state index in [9.17, 15) is 9.59 Å². The highest BCUT2D eigenvalue weighted by atomic mass is 16.5. The van der Waals surface area contributed by atoms with Crippen molar-refractivity contribution in [2.75, 3.05) is 6.61 Å². The smallest absolute Gasteiger partial charge is 0.312 e. The zero-order valence-electron chi connectivity index (χ0n) is 14.0. The summed E-state index contributed by atoms with van der Waals surface area (Å²) in [5.74, 6) is 0.0935. The number of hydrogen-bond acceptors (Lipinski definition) is 3. The molecule has 2 fully saturated rings. The van der Waals surface area contributed by atoms with Gasteiger partial charge in [-0.3, -0.25) is 9.59 Å². The third-order valence-corrected chi connectivity index (χ3v) is 5.93. The van der Waals surface area contributed by atoms with Crippen LogP contribution in [0.4, 0.5) is 0 Å². The number of Topliss-reactive ketones (excluding diaryl/α,β-unsaturated/α-hetero) is 1. The van der Waals surface area contributed by atoms with E-state index in [-0.39, 0.29) is 28.5 Å². The van der Waals surface area contributed by atoms with E-state index in [2.05, 4.69) is 27.7 Å². The van der Waals surface area contributed by atoms with Crippen molar-refractivity contribution in [3.63, 3.8) is 0 Å². The fraction of sp³-hybridized carbons (Fsp3) is 0.778. The molecule has 0 unspecified atom stereocenters. The average molecular weight is 292 g/mol. The maximum atomic E-state index is 12.8. The van der Waals surface area contributed by atoms with Gasteiger partial charge >= 0.3 is 5.97 Å². The number of carbonyl (C=O) groups is 2. The number of allylic oxidation sites excluding steroid dienone is 1. The Morgan fingerprint density at radius 2 is 2.05 bits per heavy atom. The van der Waals surface area contributed by atoms with Crippen LogP contribution in [0.5, 0.6) is 0 Å². The Morgan fingerprint density at radius 3 is 2.52 bits per heavy atom. The van der Waals surface area contributed by atoms with Gasteiger partial charge in [0.1, 0.15) is 0 Å². The van der Waals surface area contributed by atoms with Crippen LogP contribution in [-0.2, 0) is 14.3 Å². The number of esters is 1. The number of rotatable bonds is 5. The van der Waals surface area contributed by atoms with Crippen LogP contribution in [0, 0.1) is 22.7 Å². The van der Waals surface area contributed by atoms with E-state index in [4.69, 9.17) is 4.74 Å². The van der Waals surface area contributed by atoms with Gasteiger partial charge in [-0.05, 0) is 43.1 Å². The van der Waals surface area contributed by atoms with E-state index in [1.54, 1.807) is 0 Å². The molecule has 21 heavy (non-hydrogen) atoms. The summed E-state index contributed by atoms with van der Waals surface area (Å²) in [5, 5.41) is 0. The molecule has 0 amide bonds. The van der Waals surface area contributed by atoms with Crippen molar-refractivity contribution in [2.45, 2.75) is 60.3 Å². The Bertz CT molecular complexity index is 475. The predicted octanol–water partition coefficient (Wildman–Crippen LogP) is 3.92. The molecule has 3 nitrogen and oxygen atoms in total. The molecule has 0 N–H and O–H groups in total. The minimum atomic E-state index is -0.271. The van der Waals surface area contributed by atoms with Gasteiger partial charge in [-0.2, -0.15) is 0 Å². The fourth-order valence-electron chi connectivity index (χ4n) is 4.17. The molecule has 0 spiro atoms. The van der Waals surface area contributed by atoms with Crippen molar-refractivity contribution in [2.24, 2.45) is 22.7 Å². The van der Waals surface area contributed by atoms with Crippen molar-refractivity contribution in [1.29, 1.82) is 0 Å². The zero-order valence-corrected chi connectivity index (χ0v) is 14.0. The lowest BCUT2D eigenvalue weighted by Crippen LogP contribution is -2.32. The van der Waals surface area contributed by atoms with Gasteiger partial charge in [0.05, 0.1) is 12.5 Å². The third-order valence-electron chi connectivity index (χ3n) is 5.93. The Balaban J connectivity index is 2.32. The molecule has 2 aliphatic rings. The molecule has 0 aromatic heterocycles. The fourth-order valence-corrected chi connectivity index (χ4v) is 4.17. The van der Waals surface area contributed by atoms with Crippen LogP contribution in [0.15, 0.2) is 11.6 Å².